The second kappa shape index (κ2) is 6.20. The summed E-state index contributed by atoms with van der Waals surface area (Å²) in [6.07, 6.45) is 1.48. The molecule has 2 heteroatoms. The van der Waals surface area contributed by atoms with Crippen molar-refractivity contribution in [2.75, 3.05) is 6.61 Å². The van der Waals surface area contributed by atoms with Crippen molar-refractivity contribution in [3.05, 3.63) is 35.4 Å². The van der Waals surface area contributed by atoms with Gasteiger partial charge >= 0.3 is 0 Å². The maximum Gasteiger partial charge on any atom is 0.0440 e. The van der Waals surface area contributed by atoms with Gasteiger partial charge in [-0.25, -0.2) is 0 Å². The standard InChI is InChI=1S/C12H15NO/c13-10-12-7-4-6-11(9-12)5-2-1-3-8-14/h4,6-7,9,14H,1,3,8,10,13H2. The third-order valence-corrected chi connectivity index (χ3v) is 1.86. The number of unbranched alkanes of at least 4 members (excludes halogenated alkanes) is 1. The number of aliphatic hydroxyl groups is 1. The lowest BCUT2D eigenvalue weighted by atomic mass is 10.1. The molecule has 3 N–H and O–H groups in total. The van der Waals surface area contributed by atoms with Crippen molar-refractivity contribution in [2.45, 2.75) is 19.4 Å². The molecule has 0 radical (unpaired) electrons. The molecular formula is C12H15NO. The van der Waals surface area contributed by atoms with E-state index in [0.29, 0.717) is 6.54 Å². The molecule has 0 amide bonds. The van der Waals surface area contributed by atoms with Crippen molar-refractivity contribution in [1.29, 1.82) is 0 Å². The summed E-state index contributed by atoms with van der Waals surface area (Å²) in [5.41, 5.74) is 7.60. The van der Waals surface area contributed by atoms with Gasteiger partial charge in [-0.3, -0.25) is 0 Å². The van der Waals surface area contributed by atoms with Crippen LogP contribution in [0.1, 0.15) is 24.0 Å². The van der Waals surface area contributed by atoms with Crippen LogP contribution in [0, 0.1) is 11.8 Å². The van der Waals surface area contributed by atoms with Crippen LogP contribution in [0.5, 0.6) is 0 Å². The van der Waals surface area contributed by atoms with Gasteiger partial charge in [0.1, 0.15) is 0 Å². The first-order valence-electron chi connectivity index (χ1n) is 4.75. The Balaban J connectivity index is 2.60. The van der Waals surface area contributed by atoms with Crippen molar-refractivity contribution in [3.63, 3.8) is 0 Å². The predicted octanol–water partition coefficient (Wildman–Crippen LogP) is 1.27. The van der Waals surface area contributed by atoms with Crippen LogP contribution in [-0.4, -0.2) is 11.7 Å². The Morgan fingerprint density at radius 3 is 2.93 bits per heavy atom. The molecule has 0 heterocycles. The van der Waals surface area contributed by atoms with E-state index < -0.39 is 0 Å². The van der Waals surface area contributed by atoms with Gasteiger partial charge in [0.15, 0.2) is 0 Å². The zero-order chi connectivity index (χ0) is 10.2. The van der Waals surface area contributed by atoms with E-state index in [1.807, 2.05) is 24.3 Å². The van der Waals surface area contributed by atoms with Gasteiger partial charge in [0, 0.05) is 25.1 Å². The van der Waals surface area contributed by atoms with Crippen molar-refractivity contribution in [3.8, 4) is 11.8 Å². The Morgan fingerprint density at radius 1 is 1.36 bits per heavy atom. The molecule has 1 aromatic carbocycles. The second-order valence-electron chi connectivity index (χ2n) is 3.03. The first-order chi connectivity index (χ1) is 6.86. The van der Waals surface area contributed by atoms with Gasteiger partial charge in [0.05, 0.1) is 0 Å². The first-order valence-corrected chi connectivity index (χ1v) is 4.75. The van der Waals surface area contributed by atoms with Crippen molar-refractivity contribution in [2.24, 2.45) is 5.73 Å². The maximum atomic E-state index is 8.56. The molecule has 0 spiro atoms. The maximum absolute atomic E-state index is 8.56. The van der Waals surface area contributed by atoms with Crippen LogP contribution in [0.15, 0.2) is 24.3 Å². The van der Waals surface area contributed by atoms with E-state index in [0.717, 1.165) is 24.0 Å². The Bertz CT molecular complexity index is 336. The van der Waals surface area contributed by atoms with E-state index in [1.54, 1.807) is 0 Å². The van der Waals surface area contributed by atoms with E-state index in [9.17, 15) is 0 Å². The molecular weight excluding hydrogens is 174 g/mol. The molecule has 0 aromatic heterocycles. The van der Waals surface area contributed by atoms with E-state index in [4.69, 9.17) is 10.8 Å². The Labute approximate surface area is 84.8 Å². The SMILES string of the molecule is NCc1cccc(C#CCCCO)c1. The summed E-state index contributed by atoms with van der Waals surface area (Å²) in [5.74, 6) is 6.04. The summed E-state index contributed by atoms with van der Waals surface area (Å²) in [7, 11) is 0. The van der Waals surface area contributed by atoms with E-state index in [2.05, 4.69) is 11.8 Å². The van der Waals surface area contributed by atoms with E-state index in [1.165, 1.54) is 0 Å². The average molecular weight is 189 g/mol. The molecule has 0 aliphatic carbocycles. The lowest BCUT2D eigenvalue weighted by Crippen LogP contribution is -1.95. The highest BCUT2D eigenvalue weighted by Gasteiger charge is 1.89. The van der Waals surface area contributed by atoms with Gasteiger partial charge in [0.2, 0.25) is 0 Å². The number of aliphatic hydroxyl groups excluding tert-OH is 1. The Morgan fingerprint density at radius 2 is 2.21 bits per heavy atom. The van der Waals surface area contributed by atoms with Gasteiger partial charge in [0.25, 0.3) is 0 Å². The second-order valence-corrected chi connectivity index (χ2v) is 3.03. The first kappa shape index (κ1) is 10.8. The molecule has 2 nitrogen and oxygen atoms in total. The smallest absolute Gasteiger partial charge is 0.0440 e. The molecule has 14 heavy (non-hydrogen) atoms. The number of rotatable bonds is 3. The zero-order valence-corrected chi connectivity index (χ0v) is 8.16. The van der Waals surface area contributed by atoms with Crippen LogP contribution in [0.4, 0.5) is 0 Å². The fourth-order valence-corrected chi connectivity index (χ4v) is 1.11. The molecule has 0 bridgehead atoms. The minimum absolute atomic E-state index is 0.206. The molecule has 0 atom stereocenters. The topological polar surface area (TPSA) is 46.2 Å². The summed E-state index contributed by atoms with van der Waals surface area (Å²) in [6.45, 7) is 0.754. The van der Waals surface area contributed by atoms with Gasteiger partial charge in [-0.2, -0.15) is 0 Å². The van der Waals surface area contributed by atoms with Crippen molar-refractivity contribution >= 4 is 0 Å². The molecule has 0 aliphatic rings. The number of benzene rings is 1. The summed E-state index contributed by atoms with van der Waals surface area (Å²) in [4.78, 5) is 0. The number of hydrogen-bond acceptors (Lipinski definition) is 2. The largest absolute Gasteiger partial charge is 0.396 e. The van der Waals surface area contributed by atoms with E-state index >= 15 is 0 Å². The van der Waals surface area contributed by atoms with Crippen LogP contribution in [0.3, 0.4) is 0 Å². The third-order valence-electron chi connectivity index (χ3n) is 1.86. The molecule has 0 fully saturated rings. The lowest BCUT2D eigenvalue weighted by molar-refractivity contribution is 0.290. The quantitative estimate of drug-likeness (QED) is 0.555. The summed E-state index contributed by atoms with van der Waals surface area (Å²) in [6, 6.07) is 7.90. The van der Waals surface area contributed by atoms with Gasteiger partial charge in [-0.1, -0.05) is 24.0 Å². The highest BCUT2D eigenvalue weighted by Crippen LogP contribution is 2.02. The molecule has 1 aromatic rings. The zero-order valence-electron chi connectivity index (χ0n) is 8.16. The molecule has 74 valence electrons. The summed E-state index contributed by atoms with van der Waals surface area (Å²) < 4.78 is 0. The normalized spacial score (nSPS) is 9.29. The molecule has 0 aliphatic heterocycles. The Hall–Kier alpha value is -1.30. The van der Waals surface area contributed by atoms with Gasteiger partial charge < -0.3 is 10.8 Å². The number of hydrogen-bond donors (Lipinski definition) is 2. The van der Waals surface area contributed by atoms with Gasteiger partial charge in [-0.05, 0) is 24.1 Å². The van der Waals surface area contributed by atoms with Crippen molar-refractivity contribution in [1.82, 2.24) is 0 Å². The minimum atomic E-state index is 0.206. The fourth-order valence-electron chi connectivity index (χ4n) is 1.11. The van der Waals surface area contributed by atoms with Gasteiger partial charge in [-0.15, -0.1) is 0 Å². The van der Waals surface area contributed by atoms with Crippen molar-refractivity contribution < 1.29 is 5.11 Å². The summed E-state index contributed by atoms with van der Waals surface area (Å²) in [5, 5.41) is 8.56. The molecule has 0 saturated carbocycles. The van der Waals surface area contributed by atoms with Crippen LogP contribution < -0.4 is 5.73 Å². The van der Waals surface area contributed by atoms with Crippen LogP contribution in [-0.2, 0) is 6.54 Å². The van der Waals surface area contributed by atoms with Crippen LogP contribution in [0.2, 0.25) is 0 Å². The fraction of sp³-hybridized carbons (Fsp3) is 0.333. The highest BCUT2D eigenvalue weighted by molar-refractivity contribution is 5.36. The highest BCUT2D eigenvalue weighted by atomic mass is 16.2. The predicted molar refractivity (Wildman–Crippen MR) is 57.5 cm³/mol. The van der Waals surface area contributed by atoms with Crippen LogP contribution in [0.25, 0.3) is 0 Å². The van der Waals surface area contributed by atoms with Crippen LogP contribution >= 0.6 is 0 Å². The minimum Gasteiger partial charge on any atom is -0.396 e. The average Bonchev–Trinajstić information content (AvgIpc) is 2.25. The molecule has 0 unspecified atom stereocenters. The number of nitrogens with two attached hydrogens (primary N) is 1. The molecule has 1 rings (SSSR count). The molecule has 0 saturated heterocycles. The Kier molecular flexibility index (Phi) is 4.77. The monoisotopic (exact) mass is 189 g/mol. The lowest BCUT2D eigenvalue weighted by Gasteiger charge is -1.95. The van der Waals surface area contributed by atoms with E-state index in [-0.39, 0.29) is 6.61 Å². The third kappa shape index (κ3) is 3.61. The summed E-state index contributed by atoms with van der Waals surface area (Å²) >= 11 is 0.